The SMILES string of the molecule is CC(Sc1nnc(-c2ccc(C(C)(C)C)cc2)n1N)C(=O)N(CCC#N)c1ccccc1. The third-order valence-corrected chi connectivity index (χ3v) is 6.13. The summed E-state index contributed by atoms with van der Waals surface area (Å²) in [4.78, 5) is 14.8. The first-order chi connectivity index (χ1) is 15.2. The maximum absolute atomic E-state index is 13.2. The highest BCUT2D eigenvalue weighted by Crippen LogP contribution is 2.29. The topological polar surface area (TPSA) is 101 Å². The zero-order valence-corrected chi connectivity index (χ0v) is 19.6. The monoisotopic (exact) mass is 448 g/mol. The van der Waals surface area contributed by atoms with Crippen molar-refractivity contribution in [3.63, 3.8) is 0 Å². The summed E-state index contributed by atoms with van der Waals surface area (Å²) in [6.45, 7) is 8.62. The third kappa shape index (κ3) is 5.29. The highest BCUT2D eigenvalue weighted by Gasteiger charge is 2.25. The summed E-state index contributed by atoms with van der Waals surface area (Å²) in [6.07, 6.45) is 0.250. The lowest BCUT2D eigenvalue weighted by Gasteiger charge is -2.24. The van der Waals surface area contributed by atoms with E-state index in [1.807, 2.05) is 49.4 Å². The van der Waals surface area contributed by atoms with Crippen LogP contribution in [0.2, 0.25) is 0 Å². The minimum atomic E-state index is -0.462. The van der Waals surface area contributed by atoms with Crippen LogP contribution < -0.4 is 10.7 Å². The molecule has 0 aliphatic heterocycles. The standard InChI is InChI=1S/C24H28N6OS/c1-17(22(31)29(16-8-15-25)20-9-6-5-7-10-20)32-23-28-27-21(30(23)26)18-11-13-19(14-12-18)24(2,3)4/h5-7,9-14,17H,8,16,26H2,1-4H3. The molecule has 0 fully saturated rings. The second-order valence-electron chi connectivity index (χ2n) is 8.50. The van der Waals surface area contributed by atoms with Gasteiger partial charge in [0.05, 0.1) is 17.7 Å². The Balaban J connectivity index is 1.78. The van der Waals surface area contributed by atoms with Crippen LogP contribution in [-0.4, -0.2) is 32.6 Å². The number of nitrogen functional groups attached to an aromatic ring is 1. The largest absolute Gasteiger partial charge is 0.335 e. The number of aromatic nitrogens is 3. The van der Waals surface area contributed by atoms with Crippen LogP contribution in [0.25, 0.3) is 11.4 Å². The fraction of sp³-hybridized carbons (Fsp3) is 0.333. The van der Waals surface area contributed by atoms with E-state index in [0.717, 1.165) is 11.3 Å². The van der Waals surface area contributed by atoms with Gasteiger partial charge in [-0.05, 0) is 30.0 Å². The van der Waals surface area contributed by atoms with Crippen molar-refractivity contribution in [1.29, 1.82) is 5.26 Å². The van der Waals surface area contributed by atoms with Crippen LogP contribution >= 0.6 is 11.8 Å². The zero-order chi connectivity index (χ0) is 23.3. The van der Waals surface area contributed by atoms with Crippen LogP contribution in [0.3, 0.4) is 0 Å². The molecular weight excluding hydrogens is 420 g/mol. The average molecular weight is 449 g/mol. The van der Waals surface area contributed by atoms with Gasteiger partial charge in [0.25, 0.3) is 0 Å². The highest BCUT2D eigenvalue weighted by molar-refractivity contribution is 8.00. The van der Waals surface area contributed by atoms with Gasteiger partial charge in [0.1, 0.15) is 0 Å². The van der Waals surface area contributed by atoms with E-state index in [9.17, 15) is 4.79 Å². The summed E-state index contributed by atoms with van der Waals surface area (Å²) in [5.41, 5.74) is 2.89. The number of benzene rings is 2. The van der Waals surface area contributed by atoms with Gasteiger partial charge in [-0.15, -0.1) is 10.2 Å². The minimum Gasteiger partial charge on any atom is -0.335 e. The smallest absolute Gasteiger partial charge is 0.240 e. The summed E-state index contributed by atoms with van der Waals surface area (Å²) in [5.74, 6) is 6.70. The molecule has 0 saturated carbocycles. The fourth-order valence-electron chi connectivity index (χ4n) is 3.24. The Kier molecular flexibility index (Phi) is 7.21. The second-order valence-corrected chi connectivity index (χ2v) is 9.81. The van der Waals surface area contributed by atoms with Gasteiger partial charge in [-0.1, -0.05) is 75.0 Å². The number of nitriles is 1. The van der Waals surface area contributed by atoms with Gasteiger partial charge >= 0.3 is 0 Å². The lowest BCUT2D eigenvalue weighted by Crippen LogP contribution is -2.37. The molecule has 1 amide bonds. The molecule has 3 aromatic rings. The number of amides is 1. The molecule has 8 heteroatoms. The number of rotatable bonds is 7. The van der Waals surface area contributed by atoms with Gasteiger partial charge in [0.2, 0.25) is 11.1 Å². The fourth-order valence-corrected chi connectivity index (χ4v) is 4.07. The Morgan fingerprint density at radius 2 is 1.81 bits per heavy atom. The van der Waals surface area contributed by atoms with Crippen molar-refractivity contribution in [2.75, 3.05) is 17.3 Å². The van der Waals surface area contributed by atoms with Gasteiger partial charge < -0.3 is 10.7 Å². The number of anilines is 1. The van der Waals surface area contributed by atoms with Gasteiger partial charge in [0.15, 0.2) is 5.82 Å². The Morgan fingerprint density at radius 1 is 1.16 bits per heavy atom. The summed E-state index contributed by atoms with van der Waals surface area (Å²) in [7, 11) is 0. The maximum Gasteiger partial charge on any atom is 0.240 e. The maximum atomic E-state index is 13.2. The first-order valence-electron chi connectivity index (χ1n) is 10.4. The van der Waals surface area contributed by atoms with Crippen LogP contribution in [0.1, 0.15) is 39.7 Å². The number of hydrogen-bond acceptors (Lipinski definition) is 6. The number of hydrogen-bond donors (Lipinski definition) is 1. The van der Waals surface area contributed by atoms with Crippen molar-refractivity contribution in [3.05, 3.63) is 60.2 Å². The molecule has 0 bridgehead atoms. The summed E-state index contributed by atoms with van der Waals surface area (Å²) >= 11 is 1.25. The van der Waals surface area contributed by atoms with E-state index in [0.29, 0.717) is 17.5 Å². The molecule has 0 saturated heterocycles. The van der Waals surface area contributed by atoms with Crippen molar-refractivity contribution in [2.45, 2.75) is 49.9 Å². The van der Waals surface area contributed by atoms with E-state index in [2.05, 4.69) is 49.2 Å². The quantitative estimate of drug-likeness (QED) is 0.425. The normalized spacial score (nSPS) is 12.2. The number of nitrogens with two attached hydrogens (primary N) is 1. The van der Waals surface area contributed by atoms with Gasteiger partial charge in [-0.3, -0.25) is 4.79 Å². The number of thioether (sulfide) groups is 1. The molecule has 1 unspecified atom stereocenters. The first-order valence-corrected chi connectivity index (χ1v) is 11.3. The predicted molar refractivity (Wildman–Crippen MR) is 129 cm³/mol. The number of nitrogens with zero attached hydrogens (tertiary/aromatic N) is 5. The molecule has 7 nitrogen and oxygen atoms in total. The van der Waals surface area contributed by atoms with Crippen LogP contribution in [-0.2, 0) is 10.2 Å². The molecule has 1 atom stereocenters. The van der Waals surface area contributed by atoms with Crippen LogP contribution in [0.4, 0.5) is 5.69 Å². The molecule has 0 aliphatic rings. The lowest BCUT2D eigenvalue weighted by molar-refractivity contribution is -0.117. The van der Waals surface area contributed by atoms with Gasteiger partial charge in [0, 0.05) is 17.8 Å². The molecule has 166 valence electrons. The van der Waals surface area contributed by atoms with E-state index in [-0.39, 0.29) is 17.7 Å². The Labute approximate surface area is 193 Å². The summed E-state index contributed by atoms with van der Waals surface area (Å²) in [6, 6.07) is 19.5. The van der Waals surface area contributed by atoms with E-state index >= 15 is 0 Å². The predicted octanol–water partition coefficient (Wildman–Crippen LogP) is 4.38. The van der Waals surface area contributed by atoms with Crippen LogP contribution in [0.5, 0.6) is 0 Å². The Bertz CT molecular complexity index is 1100. The van der Waals surface area contributed by atoms with Crippen molar-refractivity contribution in [2.24, 2.45) is 0 Å². The zero-order valence-electron chi connectivity index (χ0n) is 18.8. The van der Waals surface area contributed by atoms with E-state index in [1.165, 1.54) is 22.0 Å². The molecular formula is C24H28N6OS. The molecule has 0 spiro atoms. The average Bonchev–Trinajstić information content (AvgIpc) is 3.14. The van der Waals surface area contributed by atoms with Gasteiger partial charge in [-0.2, -0.15) is 5.26 Å². The molecule has 1 heterocycles. The van der Waals surface area contributed by atoms with E-state index in [4.69, 9.17) is 11.1 Å². The molecule has 2 aromatic carbocycles. The highest BCUT2D eigenvalue weighted by atomic mass is 32.2. The van der Waals surface area contributed by atoms with Crippen molar-refractivity contribution in [3.8, 4) is 17.5 Å². The third-order valence-electron chi connectivity index (χ3n) is 5.08. The summed E-state index contributed by atoms with van der Waals surface area (Å²) in [5, 5.41) is 17.4. The van der Waals surface area contributed by atoms with Crippen molar-refractivity contribution < 1.29 is 4.79 Å². The Hall–Kier alpha value is -3.31. The van der Waals surface area contributed by atoms with Crippen molar-refractivity contribution >= 4 is 23.4 Å². The molecule has 1 aromatic heterocycles. The molecule has 0 aliphatic carbocycles. The number of carbonyl (C=O) groups is 1. The lowest BCUT2D eigenvalue weighted by atomic mass is 9.87. The molecule has 0 radical (unpaired) electrons. The van der Waals surface area contributed by atoms with E-state index < -0.39 is 5.25 Å². The number of carbonyl (C=O) groups excluding carboxylic acids is 1. The van der Waals surface area contributed by atoms with Crippen LogP contribution in [0.15, 0.2) is 59.8 Å². The number of para-hydroxylation sites is 1. The van der Waals surface area contributed by atoms with Crippen LogP contribution in [0, 0.1) is 11.3 Å². The van der Waals surface area contributed by atoms with Crippen molar-refractivity contribution in [1.82, 2.24) is 14.9 Å². The Morgan fingerprint density at radius 3 is 2.41 bits per heavy atom. The van der Waals surface area contributed by atoms with E-state index in [1.54, 1.807) is 4.90 Å². The first kappa shape index (κ1) is 23.4. The minimum absolute atomic E-state index is 0.0574. The van der Waals surface area contributed by atoms with Gasteiger partial charge in [-0.25, -0.2) is 4.68 Å². The molecule has 3 rings (SSSR count). The molecule has 32 heavy (non-hydrogen) atoms. The molecule has 2 N–H and O–H groups in total. The second kappa shape index (κ2) is 9.88. The summed E-state index contributed by atoms with van der Waals surface area (Å²) < 4.78 is 1.42.